The molecular weight excluding hydrogens is 268 g/mol. The minimum atomic E-state index is 0.773. The summed E-state index contributed by atoms with van der Waals surface area (Å²) in [5.74, 6) is 1.03. The average molecular weight is 290 g/mol. The quantitative estimate of drug-likeness (QED) is 0.580. The smallest absolute Gasteiger partial charge is 0.125 e. The summed E-state index contributed by atoms with van der Waals surface area (Å²) >= 11 is 0. The highest BCUT2D eigenvalue weighted by Gasteiger charge is 2.09. The van der Waals surface area contributed by atoms with Gasteiger partial charge < -0.3 is 4.74 Å². The van der Waals surface area contributed by atoms with E-state index in [1.807, 2.05) is 0 Å². The first-order valence-corrected chi connectivity index (χ1v) is 7.93. The van der Waals surface area contributed by atoms with Gasteiger partial charge in [0.1, 0.15) is 5.75 Å². The molecule has 0 N–H and O–H groups in total. The van der Waals surface area contributed by atoms with Crippen molar-refractivity contribution in [3.05, 3.63) is 65.7 Å². The Morgan fingerprint density at radius 2 is 1.55 bits per heavy atom. The molecule has 0 aliphatic rings. The van der Waals surface area contributed by atoms with E-state index in [9.17, 15) is 0 Å². The molecule has 0 aliphatic heterocycles. The van der Waals surface area contributed by atoms with Gasteiger partial charge in [-0.3, -0.25) is 0 Å². The van der Waals surface area contributed by atoms with Gasteiger partial charge in [-0.2, -0.15) is 0 Å². The second-order valence-corrected chi connectivity index (χ2v) is 5.81. The molecule has 3 aromatic rings. The lowest BCUT2D eigenvalue weighted by molar-refractivity contribution is 0.313. The van der Waals surface area contributed by atoms with Gasteiger partial charge in [0.2, 0.25) is 0 Å². The van der Waals surface area contributed by atoms with Gasteiger partial charge in [-0.05, 0) is 65.4 Å². The van der Waals surface area contributed by atoms with Gasteiger partial charge in [0.05, 0.1) is 6.61 Å². The fourth-order valence-electron chi connectivity index (χ4n) is 3.01. The first-order valence-electron chi connectivity index (χ1n) is 7.93. The summed E-state index contributed by atoms with van der Waals surface area (Å²) in [6.45, 7) is 7.17. The van der Waals surface area contributed by atoms with Gasteiger partial charge in [0.25, 0.3) is 0 Å². The lowest BCUT2D eigenvalue weighted by atomic mass is 9.95. The molecule has 22 heavy (non-hydrogen) atoms. The molecule has 112 valence electrons. The van der Waals surface area contributed by atoms with E-state index in [2.05, 4.69) is 75.4 Å². The molecule has 0 aliphatic carbocycles. The maximum Gasteiger partial charge on any atom is 0.125 e. The van der Waals surface area contributed by atoms with Gasteiger partial charge >= 0.3 is 0 Å². The molecule has 3 rings (SSSR count). The third kappa shape index (κ3) is 2.71. The monoisotopic (exact) mass is 290 g/mol. The fraction of sp³-hybridized carbons (Fsp3) is 0.238. The first-order chi connectivity index (χ1) is 10.7. The summed E-state index contributed by atoms with van der Waals surface area (Å²) in [4.78, 5) is 0. The number of hydrogen-bond donors (Lipinski definition) is 0. The molecule has 0 fully saturated rings. The highest BCUT2D eigenvalue weighted by Crippen LogP contribution is 2.33. The molecule has 0 saturated heterocycles. The maximum atomic E-state index is 5.90. The average Bonchev–Trinajstić information content (AvgIpc) is 2.53. The van der Waals surface area contributed by atoms with Crippen molar-refractivity contribution < 1.29 is 4.74 Å². The van der Waals surface area contributed by atoms with Crippen molar-refractivity contribution in [1.82, 2.24) is 0 Å². The Morgan fingerprint density at radius 1 is 0.864 bits per heavy atom. The Hall–Kier alpha value is -2.28. The fourth-order valence-corrected chi connectivity index (χ4v) is 3.01. The topological polar surface area (TPSA) is 9.23 Å². The third-order valence-electron chi connectivity index (χ3n) is 4.01. The Kier molecular flexibility index (Phi) is 4.15. The SMILES string of the molecule is CCCOc1c(C)cc(-c2cccc3ccccc23)cc1C. The number of rotatable bonds is 4. The zero-order valence-corrected chi connectivity index (χ0v) is 13.5. The van der Waals surface area contributed by atoms with Crippen LogP contribution in [0.4, 0.5) is 0 Å². The van der Waals surface area contributed by atoms with Crippen molar-refractivity contribution in [2.75, 3.05) is 6.61 Å². The Morgan fingerprint density at radius 3 is 2.27 bits per heavy atom. The van der Waals surface area contributed by atoms with Crippen molar-refractivity contribution in [1.29, 1.82) is 0 Å². The van der Waals surface area contributed by atoms with Crippen LogP contribution in [0.3, 0.4) is 0 Å². The molecule has 0 heterocycles. The van der Waals surface area contributed by atoms with Gasteiger partial charge in [-0.25, -0.2) is 0 Å². The minimum absolute atomic E-state index is 0.773. The van der Waals surface area contributed by atoms with Crippen LogP contribution in [0.25, 0.3) is 21.9 Å². The van der Waals surface area contributed by atoms with Gasteiger partial charge in [-0.15, -0.1) is 0 Å². The van der Waals surface area contributed by atoms with E-state index in [0.717, 1.165) is 18.8 Å². The van der Waals surface area contributed by atoms with Crippen molar-refractivity contribution in [3.8, 4) is 16.9 Å². The van der Waals surface area contributed by atoms with E-state index in [-0.39, 0.29) is 0 Å². The van der Waals surface area contributed by atoms with Crippen molar-refractivity contribution in [2.45, 2.75) is 27.2 Å². The van der Waals surface area contributed by atoms with Crippen LogP contribution in [0.5, 0.6) is 5.75 Å². The normalized spacial score (nSPS) is 10.9. The van der Waals surface area contributed by atoms with E-state index in [1.54, 1.807) is 0 Å². The van der Waals surface area contributed by atoms with E-state index in [4.69, 9.17) is 4.74 Å². The summed E-state index contributed by atoms with van der Waals surface area (Å²) in [6, 6.07) is 19.5. The summed E-state index contributed by atoms with van der Waals surface area (Å²) in [5, 5.41) is 2.58. The molecule has 0 saturated carbocycles. The summed E-state index contributed by atoms with van der Waals surface area (Å²) in [7, 11) is 0. The van der Waals surface area contributed by atoms with E-state index in [1.165, 1.54) is 33.0 Å². The van der Waals surface area contributed by atoms with E-state index in [0.29, 0.717) is 0 Å². The number of aryl methyl sites for hydroxylation is 2. The zero-order chi connectivity index (χ0) is 15.5. The molecular formula is C21H22O. The van der Waals surface area contributed by atoms with Crippen LogP contribution >= 0.6 is 0 Å². The number of fused-ring (bicyclic) bond motifs is 1. The van der Waals surface area contributed by atoms with Gasteiger partial charge in [0, 0.05) is 0 Å². The van der Waals surface area contributed by atoms with E-state index >= 15 is 0 Å². The molecule has 0 bridgehead atoms. The second kappa shape index (κ2) is 6.23. The molecule has 0 atom stereocenters. The largest absolute Gasteiger partial charge is 0.493 e. The lowest BCUT2D eigenvalue weighted by Crippen LogP contribution is -1.99. The van der Waals surface area contributed by atoms with Gasteiger partial charge in [-0.1, -0.05) is 49.4 Å². The number of ether oxygens (including phenoxy) is 1. The third-order valence-corrected chi connectivity index (χ3v) is 4.01. The zero-order valence-electron chi connectivity index (χ0n) is 13.5. The van der Waals surface area contributed by atoms with Crippen molar-refractivity contribution in [2.24, 2.45) is 0 Å². The molecule has 0 amide bonds. The lowest BCUT2D eigenvalue weighted by Gasteiger charge is -2.15. The molecule has 3 aromatic carbocycles. The summed E-state index contributed by atoms with van der Waals surface area (Å²) in [5.41, 5.74) is 4.95. The second-order valence-electron chi connectivity index (χ2n) is 5.81. The molecule has 1 nitrogen and oxygen atoms in total. The standard InChI is InChI=1S/C21H22O/c1-4-12-22-21-15(2)13-18(14-16(21)3)20-11-7-9-17-8-5-6-10-19(17)20/h5-11,13-14H,4,12H2,1-3H3. The number of hydrogen-bond acceptors (Lipinski definition) is 1. The molecule has 0 unspecified atom stereocenters. The number of benzene rings is 3. The first kappa shape index (κ1) is 14.6. The molecule has 1 heteroatoms. The summed E-state index contributed by atoms with van der Waals surface area (Å²) < 4.78 is 5.90. The predicted octanol–water partition coefficient (Wildman–Crippen LogP) is 5.91. The van der Waals surface area contributed by atoms with E-state index < -0.39 is 0 Å². The van der Waals surface area contributed by atoms with Crippen molar-refractivity contribution >= 4 is 10.8 Å². The Labute approximate surface area is 132 Å². The van der Waals surface area contributed by atoms with Crippen LogP contribution in [0.2, 0.25) is 0 Å². The predicted molar refractivity (Wildman–Crippen MR) is 94.6 cm³/mol. The van der Waals surface area contributed by atoms with Crippen molar-refractivity contribution in [3.63, 3.8) is 0 Å². The highest BCUT2D eigenvalue weighted by molar-refractivity contribution is 5.96. The highest BCUT2D eigenvalue weighted by atomic mass is 16.5. The van der Waals surface area contributed by atoms with Gasteiger partial charge in [0.15, 0.2) is 0 Å². The van der Waals surface area contributed by atoms with Crippen LogP contribution in [0, 0.1) is 13.8 Å². The molecule has 0 aromatic heterocycles. The van der Waals surface area contributed by atoms with Crippen LogP contribution in [0.1, 0.15) is 24.5 Å². The molecule has 0 radical (unpaired) electrons. The van der Waals surface area contributed by atoms with Crippen LogP contribution in [0.15, 0.2) is 54.6 Å². The Bertz CT molecular complexity index is 774. The van der Waals surface area contributed by atoms with Crippen LogP contribution < -0.4 is 4.74 Å². The summed E-state index contributed by atoms with van der Waals surface area (Å²) in [6.07, 6.45) is 1.03. The molecule has 0 spiro atoms. The van der Waals surface area contributed by atoms with Crippen LogP contribution in [-0.2, 0) is 0 Å². The maximum absolute atomic E-state index is 5.90. The Balaban J connectivity index is 2.12. The minimum Gasteiger partial charge on any atom is -0.493 e. The van der Waals surface area contributed by atoms with Crippen LogP contribution in [-0.4, -0.2) is 6.61 Å².